The Balaban J connectivity index is 0.000000251. The number of carboxylic acid groups (broad SMARTS) is 1. The molecule has 6 amide bonds. The third-order valence-corrected chi connectivity index (χ3v) is 14.6. The van der Waals surface area contributed by atoms with E-state index in [-0.39, 0.29) is 63.1 Å². The molecule has 6 aromatic rings. The summed E-state index contributed by atoms with van der Waals surface area (Å²) in [6, 6.07) is 20.1. The molecule has 4 aromatic heterocycles. The number of benzene rings is 2. The minimum absolute atomic E-state index is 0.0825. The van der Waals surface area contributed by atoms with Gasteiger partial charge in [-0.05, 0) is 102 Å². The van der Waals surface area contributed by atoms with Crippen molar-refractivity contribution in [2.75, 3.05) is 20.2 Å². The zero-order valence-electron chi connectivity index (χ0n) is 34.6. The summed E-state index contributed by atoms with van der Waals surface area (Å²) in [5.41, 5.74) is 1.42. The maximum Gasteiger partial charge on any atom is 0.330 e. The molecule has 0 fully saturated rings. The highest BCUT2D eigenvalue weighted by atomic mass is 79.9. The van der Waals surface area contributed by atoms with Crippen molar-refractivity contribution in [1.29, 1.82) is 0 Å². The van der Waals surface area contributed by atoms with Gasteiger partial charge in [-0.2, -0.15) is 0 Å². The molecule has 0 aliphatic carbocycles. The maximum atomic E-state index is 12.8. The second-order valence-corrected chi connectivity index (χ2v) is 19.3. The van der Waals surface area contributed by atoms with Crippen molar-refractivity contribution in [2.24, 2.45) is 0 Å². The van der Waals surface area contributed by atoms with Gasteiger partial charge in [-0.1, -0.05) is 36.4 Å². The summed E-state index contributed by atoms with van der Waals surface area (Å²) in [4.78, 5) is 100. The van der Waals surface area contributed by atoms with Crippen molar-refractivity contribution in [1.82, 2.24) is 31.9 Å². The van der Waals surface area contributed by atoms with Crippen LogP contribution in [0.1, 0.15) is 69.2 Å². The Hall–Kier alpha value is -6.44. The standard InChI is InChI=1S/C22H20BrN3O6S2.C21H18BrN3O6S2/c1-32-22(31)15(11-25-19(28)16-6-3-7-33-16)26-21(30)18-14(23)9-17(34-18)20(29)24-10-12-4-2-5-13(27)8-12;22-13-8-16(19(28)23-9-11-3-1-4-12(26)7-11)33-17(13)20(29)25-14(21(30)31)10-24-18(27)15-5-2-6-32-15/h2-9,15,27H,10-11H2,1H3,(H,24,29)(H,25,28)(H,26,30);1-8,14,26H,9-10H2,(H,23,28)(H,24,27)(H,25,29)(H,30,31)/t15-;14-/m00/s1. The molecule has 0 saturated carbocycles. The molecule has 4 heterocycles. The van der Waals surface area contributed by atoms with Crippen LogP contribution in [0.2, 0.25) is 0 Å². The van der Waals surface area contributed by atoms with Crippen molar-refractivity contribution in [3.63, 3.8) is 0 Å². The summed E-state index contributed by atoms with van der Waals surface area (Å²) in [6.45, 7) is -0.110. The van der Waals surface area contributed by atoms with Crippen molar-refractivity contribution in [3.8, 4) is 11.5 Å². The molecule has 2 atom stereocenters. The highest BCUT2D eigenvalue weighted by Gasteiger charge is 2.28. The van der Waals surface area contributed by atoms with Crippen LogP contribution in [-0.4, -0.2) is 95.0 Å². The molecule has 0 unspecified atom stereocenters. The summed E-state index contributed by atoms with van der Waals surface area (Å²) < 4.78 is 5.45. The molecule has 0 radical (unpaired) electrons. The minimum Gasteiger partial charge on any atom is -0.508 e. The predicted octanol–water partition coefficient (Wildman–Crippen LogP) is 5.73. The van der Waals surface area contributed by atoms with Crippen molar-refractivity contribution < 1.29 is 58.4 Å². The predicted molar refractivity (Wildman–Crippen MR) is 258 cm³/mol. The number of phenolic OH excluding ortho intramolecular Hbond substituents is 2. The second-order valence-electron chi connectivity index (χ2n) is 13.6. The Morgan fingerprint density at radius 3 is 1.36 bits per heavy atom. The lowest BCUT2D eigenvalue weighted by molar-refractivity contribution is -0.142. The molecule has 9 N–H and O–H groups in total. The van der Waals surface area contributed by atoms with E-state index in [2.05, 4.69) is 63.8 Å². The number of nitrogens with one attached hydrogen (secondary N) is 6. The summed E-state index contributed by atoms with van der Waals surface area (Å²) in [5, 5.41) is 47.3. The summed E-state index contributed by atoms with van der Waals surface area (Å²) in [7, 11) is 1.18. The monoisotopic (exact) mass is 1120 g/mol. The average Bonchev–Trinajstić information content (AvgIpc) is 4.16. The highest BCUT2D eigenvalue weighted by Crippen LogP contribution is 2.29. The first kappa shape index (κ1) is 51.5. The average molecular weight is 1120 g/mol. The first-order valence-electron chi connectivity index (χ1n) is 19.3. The summed E-state index contributed by atoms with van der Waals surface area (Å²) in [6.07, 6.45) is 0. The molecular weight excluding hydrogens is 1080 g/mol. The topological polar surface area (TPSA) is 279 Å². The first-order valence-corrected chi connectivity index (χ1v) is 24.3. The molecule has 0 spiro atoms. The number of carbonyl (C=O) groups is 8. The van der Waals surface area contributed by atoms with Gasteiger partial charge < -0.3 is 52.0 Å². The zero-order valence-corrected chi connectivity index (χ0v) is 41.1. The van der Waals surface area contributed by atoms with E-state index < -0.39 is 53.6 Å². The van der Waals surface area contributed by atoms with E-state index in [1.807, 2.05) is 0 Å². The molecule has 6 rings (SSSR count). The lowest BCUT2D eigenvalue weighted by Crippen LogP contribution is -2.48. The molecule has 0 aliphatic rings. The van der Waals surface area contributed by atoms with Crippen molar-refractivity contribution in [3.05, 3.63) is 145 Å². The van der Waals surface area contributed by atoms with Gasteiger partial charge in [0.2, 0.25) is 0 Å². The van der Waals surface area contributed by atoms with Crippen LogP contribution >= 0.6 is 77.2 Å². The van der Waals surface area contributed by atoms with E-state index in [1.54, 1.807) is 59.3 Å². The number of carboxylic acids is 1. The number of aliphatic carboxylic acids is 1. The fourth-order valence-electron chi connectivity index (χ4n) is 5.51. The van der Waals surface area contributed by atoms with Crippen LogP contribution in [0.5, 0.6) is 11.5 Å². The number of aromatic hydroxyl groups is 2. The van der Waals surface area contributed by atoms with E-state index in [9.17, 15) is 53.7 Å². The van der Waals surface area contributed by atoms with Gasteiger partial charge >= 0.3 is 11.9 Å². The Morgan fingerprint density at radius 2 is 0.970 bits per heavy atom. The highest BCUT2D eigenvalue weighted by molar-refractivity contribution is 9.11. The Kier molecular flexibility index (Phi) is 19.2. The first-order chi connectivity index (χ1) is 32.0. The number of esters is 1. The van der Waals surface area contributed by atoms with E-state index in [0.29, 0.717) is 29.8 Å². The van der Waals surface area contributed by atoms with Crippen LogP contribution in [0.4, 0.5) is 0 Å². The largest absolute Gasteiger partial charge is 0.508 e. The number of thiophene rings is 4. The van der Waals surface area contributed by atoms with Crippen LogP contribution in [0.25, 0.3) is 0 Å². The maximum absolute atomic E-state index is 12.8. The van der Waals surface area contributed by atoms with E-state index in [0.717, 1.165) is 22.7 Å². The van der Waals surface area contributed by atoms with E-state index >= 15 is 0 Å². The van der Waals surface area contributed by atoms with Gasteiger partial charge in [0.25, 0.3) is 35.4 Å². The number of amides is 6. The van der Waals surface area contributed by atoms with Crippen LogP contribution in [0, 0.1) is 0 Å². The molecule has 24 heteroatoms. The summed E-state index contributed by atoms with van der Waals surface area (Å²) in [5.74, 6) is -4.81. The molecule has 2 aromatic carbocycles. The van der Waals surface area contributed by atoms with Crippen molar-refractivity contribution in [2.45, 2.75) is 25.2 Å². The van der Waals surface area contributed by atoms with Gasteiger partial charge in [0.05, 0.1) is 26.6 Å². The number of methoxy groups -OCH3 is 1. The molecule has 350 valence electrons. The molecular formula is C43H38Br2N6O12S4. The smallest absolute Gasteiger partial charge is 0.330 e. The lowest BCUT2D eigenvalue weighted by Gasteiger charge is -2.16. The molecule has 0 aliphatic heterocycles. The van der Waals surface area contributed by atoms with Gasteiger partial charge in [0.1, 0.15) is 33.3 Å². The SMILES string of the molecule is COC(=O)[C@H](CNC(=O)c1cccs1)NC(=O)c1sc(C(=O)NCc2cccc(O)c2)cc1Br.O=C(NC[C@H](NC(=O)c1sc(C(=O)NCc2cccc(O)c2)cc1Br)C(=O)O)c1cccs1. The van der Waals surface area contributed by atoms with Crippen LogP contribution in [0.3, 0.4) is 0 Å². The quantitative estimate of drug-likeness (QED) is 0.0467. The fourth-order valence-corrected chi connectivity index (χ4v) is 10.1. The number of hydrogen-bond donors (Lipinski definition) is 9. The van der Waals surface area contributed by atoms with Crippen LogP contribution in [-0.2, 0) is 27.4 Å². The Bertz CT molecular complexity index is 2740. The number of hydrogen-bond acceptors (Lipinski definition) is 15. The number of carbonyl (C=O) groups excluding carboxylic acids is 7. The molecule has 18 nitrogen and oxygen atoms in total. The third-order valence-electron chi connectivity index (χ3n) is 8.78. The van der Waals surface area contributed by atoms with Crippen LogP contribution < -0.4 is 31.9 Å². The number of halogens is 2. The van der Waals surface area contributed by atoms with Gasteiger partial charge in [0, 0.05) is 35.1 Å². The minimum atomic E-state index is -1.36. The van der Waals surface area contributed by atoms with E-state index in [1.165, 1.54) is 66.2 Å². The third kappa shape index (κ3) is 15.3. The molecule has 0 bridgehead atoms. The number of ether oxygens (including phenoxy) is 1. The van der Waals surface area contributed by atoms with Gasteiger partial charge in [-0.25, -0.2) is 9.59 Å². The second kappa shape index (κ2) is 24.9. The van der Waals surface area contributed by atoms with Gasteiger partial charge in [-0.15, -0.1) is 45.3 Å². The van der Waals surface area contributed by atoms with Crippen LogP contribution in [0.15, 0.2) is 105 Å². The van der Waals surface area contributed by atoms with Gasteiger partial charge in [-0.3, -0.25) is 28.8 Å². The molecule has 0 saturated heterocycles. The number of phenols is 2. The summed E-state index contributed by atoms with van der Waals surface area (Å²) >= 11 is 10.8. The van der Waals surface area contributed by atoms with Gasteiger partial charge in [0.15, 0.2) is 0 Å². The Labute approximate surface area is 414 Å². The van der Waals surface area contributed by atoms with E-state index in [4.69, 9.17) is 4.74 Å². The lowest BCUT2D eigenvalue weighted by atomic mass is 10.2. The van der Waals surface area contributed by atoms with Crippen molar-refractivity contribution >= 4 is 125 Å². The molecule has 67 heavy (non-hydrogen) atoms. The number of rotatable bonds is 18. The zero-order chi connectivity index (χ0) is 48.6. The normalized spacial score (nSPS) is 11.4. The fraction of sp³-hybridized carbons (Fsp3) is 0.163. The Morgan fingerprint density at radius 1 is 0.552 bits per heavy atom.